The molecule has 5 rings (SSSR count). The smallest absolute Gasteiger partial charge is 0.272 e. The van der Waals surface area contributed by atoms with Gasteiger partial charge in [-0.1, -0.05) is 0 Å². The number of nitrogens with zero attached hydrogens (tertiary/aromatic N) is 5. The number of rotatable bonds is 6. The number of carbonyl (C=O) groups excluding carboxylic acids is 1. The monoisotopic (exact) mass is 447 g/mol. The Morgan fingerprint density at radius 1 is 1.25 bits per heavy atom. The van der Waals surface area contributed by atoms with E-state index < -0.39 is 23.6 Å². The number of fused-ring (bicyclic) bond motifs is 2. The van der Waals surface area contributed by atoms with Gasteiger partial charge < -0.3 is 15.5 Å². The van der Waals surface area contributed by atoms with E-state index in [1.165, 1.54) is 19.3 Å². The third-order valence-electron chi connectivity index (χ3n) is 6.52. The van der Waals surface area contributed by atoms with Crippen LogP contribution in [0, 0.1) is 11.7 Å². The van der Waals surface area contributed by atoms with Crippen LogP contribution in [0.15, 0.2) is 24.5 Å². The fourth-order valence-corrected chi connectivity index (χ4v) is 4.70. The first-order valence-corrected chi connectivity index (χ1v) is 10.7. The molecule has 1 aliphatic carbocycles. The Morgan fingerprint density at radius 3 is 2.59 bits per heavy atom. The number of carbonyl (C=O) groups is 1. The van der Waals surface area contributed by atoms with Gasteiger partial charge in [-0.2, -0.15) is 4.98 Å². The van der Waals surface area contributed by atoms with Crippen LogP contribution in [0.4, 0.5) is 30.6 Å². The zero-order chi connectivity index (χ0) is 22.5. The lowest BCUT2D eigenvalue weighted by molar-refractivity contribution is 0.0750. The number of piperazine rings is 1. The molecule has 2 aromatic rings. The van der Waals surface area contributed by atoms with Gasteiger partial charge in [-0.15, -0.1) is 0 Å². The van der Waals surface area contributed by atoms with Crippen LogP contribution < -0.4 is 15.5 Å². The zero-order valence-electron chi connectivity index (χ0n) is 17.6. The number of amides is 1. The molecule has 0 radical (unpaired) electrons. The van der Waals surface area contributed by atoms with E-state index >= 15 is 0 Å². The lowest BCUT2D eigenvalue weighted by atomic mass is 10.1. The Labute approximate surface area is 183 Å². The fraction of sp³-hybridized carbons (Fsp3) is 0.524. The summed E-state index contributed by atoms with van der Waals surface area (Å²) in [5, 5.41) is 5.26. The average molecular weight is 447 g/mol. The van der Waals surface area contributed by atoms with Crippen LogP contribution in [0.25, 0.3) is 0 Å². The van der Waals surface area contributed by atoms with Crippen molar-refractivity contribution in [1.82, 2.24) is 25.2 Å². The van der Waals surface area contributed by atoms with Crippen molar-refractivity contribution in [3.63, 3.8) is 0 Å². The van der Waals surface area contributed by atoms with Crippen LogP contribution in [0.5, 0.6) is 0 Å². The van der Waals surface area contributed by atoms with Crippen LogP contribution in [0.3, 0.4) is 0 Å². The summed E-state index contributed by atoms with van der Waals surface area (Å²) in [6.07, 6.45) is 4.96. The zero-order valence-corrected chi connectivity index (χ0v) is 17.6. The van der Waals surface area contributed by atoms with Crippen molar-refractivity contribution >= 4 is 23.4 Å². The Kier molecular flexibility index (Phi) is 5.15. The predicted octanol–water partition coefficient (Wildman–Crippen LogP) is 2.42. The number of anilines is 3. The Hall–Kier alpha value is -2.95. The summed E-state index contributed by atoms with van der Waals surface area (Å²) in [7, 11) is 1.40. The van der Waals surface area contributed by atoms with Gasteiger partial charge in [-0.25, -0.2) is 23.1 Å². The standard InChI is InChI=1S/C21H24F3N7O/c1-25-19(32)18-16(22)6-13(8-27-18)28-20-26-5-4-17(29-20)30-10-14-2-3-15(11-30)31(14)9-12-7-21(12,23)24/h4-6,8,12,14-15H,2-3,7,9-11H2,1H3,(H,25,32)(H,26,28,29)/t12?,14-,15+. The van der Waals surface area contributed by atoms with Gasteiger partial charge in [0.2, 0.25) is 5.95 Å². The molecule has 3 atom stereocenters. The molecule has 2 N–H and O–H groups in total. The minimum atomic E-state index is -2.49. The van der Waals surface area contributed by atoms with E-state index in [1.54, 1.807) is 6.20 Å². The third-order valence-corrected chi connectivity index (χ3v) is 6.52. The predicted molar refractivity (Wildman–Crippen MR) is 112 cm³/mol. The minimum absolute atomic E-state index is 0.00708. The second-order valence-corrected chi connectivity index (χ2v) is 8.65. The van der Waals surface area contributed by atoms with Gasteiger partial charge in [0.15, 0.2) is 11.5 Å². The van der Waals surface area contributed by atoms with Crippen LogP contribution in [0.1, 0.15) is 29.8 Å². The lowest BCUT2D eigenvalue weighted by Crippen LogP contribution is -2.54. The highest BCUT2D eigenvalue weighted by molar-refractivity contribution is 5.92. The molecule has 1 unspecified atom stereocenters. The maximum Gasteiger partial charge on any atom is 0.272 e. The molecule has 1 amide bonds. The Morgan fingerprint density at radius 2 is 1.97 bits per heavy atom. The van der Waals surface area contributed by atoms with E-state index in [-0.39, 0.29) is 30.1 Å². The average Bonchev–Trinajstić information content (AvgIpc) is 3.31. The van der Waals surface area contributed by atoms with Crippen molar-refractivity contribution in [2.45, 2.75) is 37.3 Å². The van der Waals surface area contributed by atoms with Gasteiger partial charge in [0.05, 0.1) is 11.9 Å². The molecular formula is C21H24F3N7O. The second kappa shape index (κ2) is 7.88. The van der Waals surface area contributed by atoms with Crippen molar-refractivity contribution in [2.75, 3.05) is 36.9 Å². The minimum Gasteiger partial charge on any atom is -0.354 e. The second-order valence-electron chi connectivity index (χ2n) is 8.65. The molecule has 0 spiro atoms. The van der Waals surface area contributed by atoms with Gasteiger partial charge in [0, 0.05) is 63.4 Å². The van der Waals surface area contributed by atoms with Gasteiger partial charge in [0.25, 0.3) is 11.8 Å². The number of alkyl halides is 2. The molecule has 2 saturated heterocycles. The van der Waals surface area contributed by atoms with Crippen LogP contribution in [0.2, 0.25) is 0 Å². The quantitative estimate of drug-likeness (QED) is 0.703. The summed E-state index contributed by atoms with van der Waals surface area (Å²) in [6.45, 7) is 1.92. The molecule has 4 heterocycles. The summed E-state index contributed by atoms with van der Waals surface area (Å²) in [5.74, 6) is -3.34. The first-order chi connectivity index (χ1) is 15.3. The lowest BCUT2D eigenvalue weighted by Gasteiger charge is -2.41. The molecule has 3 fully saturated rings. The number of hydrogen-bond acceptors (Lipinski definition) is 7. The van der Waals surface area contributed by atoms with E-state index in [9.17, 15) is 18.0 Å². The van der Waals surface area contributed by atoms with E-state index in [1.807, 2.05) is 6.07 Å². The first-order valence-electron chi connectivity index (χ1n) is 10.7. The summed E-state index contributed by atoms with van der Waals surface area (Å²) in [4.78, 5) is 28.6. The normalized spacial score (nSPS) is 26.1. The molecule has 0 aromatic carbocycles. The van der Waals surface area contributed by atoms with Crippen molar-refractivity contribution in [3.8, 4) is 0 Å². The third kappa shape index (κ3) is 3.96. The summed E-state index contributed by atoms with van der Waals surface area (Å²) in [5.41, 5.74) is 0.0348. The molecule has 2 aromatic heterocycles. The molecule has 11 heteroatoms. The number of nitrogens with one attached hydrogen (secondary N) is 2. The largest absolute Gasteiger partial charge is 0.354 e. The SMILES string of the molecule is CNC(=O)c1ncc(Nc2nccc(N3C[C@H]4CC[C@@H](C3)N4CC3CC3(F)F)n2)cc1F. The fourth-order valence-electron chi connectivity index (χ4n) is 4.70. The summed E-state index contributed by atoms with van der Waals surface area (Å²) >= 11 is 0. The van der Waals surface area contributed by atoms with E-state index in [2.05, 4.69) is 35.4 Å². The summed E-state index contributed by atoms with van der Waals surface area (Å²) < 4.78 is 40.9. The molecule has 8 nitrogen and oxygen atoms in total. The highest BCUT2D eigenvalue weighted by atomic mass is 19.3. The van der Waals surface area contributed by atoms with Gasteiger partial charge in [-0.3, -0.25) is 9.69 Å². The van der Waals surface area contributed by atoms with Crippen molar-refractivity contribution < 1.29 is 18.0 Å². The molecule has 2 bridgehead atoms. The number of pyridine rings is 1. The number of hydrogen-bond donors (Lipinski definition) is 2. The maximum atomic E-state index is 14.2. The molecule has 1 saturated carbocycles. The molecular weight excluding hydrogens is 423 g/mol. The van der Waals surface area contributed by atoms with Crippen LogP contribution in [-0.4, -0.2) is 70.4 Å². The molecule has 32 heavy (non-hydrogen) atoms. The number of aromatic nitrogens is 3. The first kappa shape index (κ1) is 20.9. The Balaban J connectivity index is 1.26. The Bertz CT molecular complexity index is 1020. The van der Waals surface area contributed by atoms with E-state index in [4.69, 9.17) is 0 Å². The molecule has 3 aliphatic rings. The van der Waals surface area contributed by atoms with Crippen LogP contribution in [-0.2, 0) is 0 Å². The van der Waals surface area contributed by atoms with Gasteiger partial charge >= 0.3 is 0 Å². The van der Waals surface area contributed by atoms with Gasteiger partial charge in [0.1, 0.15) is 5.82 Å². The molecule has 170 valence electrons. The molecule has 2 aliphatic heterocycles. The highest BCUT2D eigenvalue weighted by Crippen LogP contribution is 2.50. The van der Waals surface area contributed by atoms with Crippen molar-refractivity contribution in [3.05, 3.63) is 36.0 Å². The van der Waals surface area contributed by atoms with Crippen LogP contribution >= 0.6 is 0 Å². The highest BCUT2D eigenvalue weighted by Gasteiger charge is 2.58. The maximum absolute atomic E-state index is 14.2. The van der Waals surface area contributed by atoms with Crippen molar-refractivity contribution in [1.29, 1.82) is 0 Å². The topological polar surface area (TPSA) is 86.3 Å². The van der Waals surface area contributed by atoms with Gasteiger partial charge in [-0.05, 0) is 18.9 Å². The van der Waals surface area contributed by atoms with E-state index in [0.29, 0.717) is 12.2 Å². The summed E-state index contributed by atoms with van der Waals surface area (Å²) in [6, 6.07) is 3.46. The van der Waals surface area contributed by atoms with E-state index in [0.717, 1.165) is 31.7 Å². The number of halogens is 3. The van der Waals surface area contributed by atoms with Crippen molar-refractivity contribution in [2.24, 2.45) is 5.92 Å².